The monoisotopic (exact) mass is 318 g/mol. The molecule has 0 atom stereocenters. The molecule has 0 spiro atoms. The number of benzene rings is 1. The molecule has 0 aliphatic heterocycles. The van der Waals surface area contributed by atoms with Gasteiger partial charge in [-0.3, -0.25) is 4.79 Å². The van der Waals surface area contributed by atoms with E-state index < -0.39 is 17.2 Å². The van der Waals surface area contributed by atoms with Crippen molar-refractivity contribution in [3.63, 3.8) is 0 Å². The molecule has 1 aromatic heterocycles. The van der Waals surface area contributed by atoms with Crippen molar-refractivity contribution in [2.75, 3.05) is 6.61 Å². The van der Waals surface area contributed by atoms with Gasteiger partial charge in [-0.15, -0.1) is 0 Å². The summed E-state index contributed by atoms with van der Waals surface area (Å²) in [5.74, 6) is -1.00. The van der Waals surface area contributed by atoms with E-state index in [1.165, 1.54) is 24.4 Å². The van der Waals surface area contributed by atoms with Crippen LogP contribution in [0, 0.1) is 11.9 Å². The van der Waals surface area contributed by atoms with Crippen LogP contribution in [-0.2, 0) is 4.74 Å². The normalized spacial score (nSPS) is 11.2. The third-order valence-corrected chi connectivity index (χ3v) is 3.25. The van der Waals surface area contributed by atoms with Gasteiger partial charge in [0.2, 0.25) is 11.9 Å². The average Bonchev–Trinajstić information content (AvgIpc) is 2.52. The number of Topliss-reactive ketones (excluding diaryl/α,β-unsaturated/α-hetero) is 1. The molecular formula is C17H17FNO4+. The maximum Gasteiger partial charge on any atom is 0.347 e. The van der Waals surface area contributed by atoms with Crippen molar-refractivity contribution in [2.24, 2.45) is 5.73 Å². The molecule has 0 aliphatic rings. The molecule has 0 amide bonds. The molecule has 2 rings (SSSR count). The highest BCUT2D eigenvalue weighted by Crippen LogP contribution is 2.16. The number of halogens is 1. The minimum absolute atomic E-state index is 0.101. The van der Waals surface area contributed by atoms with Crippen molar-refractivity contribution in [3.05, 3.63) is 64.4 Å². The van der Waals surface area contributed by atoms with E-state index in [0.29, 0.717) is 24.3 Å². The van der Waals surface area contributed by atoms with Gasteiger partial charge in [0.25, 0.3) is 0 Å². The second kappa shape index (κ2) is 7.60. The smallest absolute Gasteiger partial charge is 0.347 e. The molecule has 0 radical (unpaired) electrons. The third-order valence-electron chi connectivity index (χ3n) is 3.25. The lowest BCUT2D eigenvalue weighted by Gasteiger charge is -2.02. The molecular weight excluding hydrogens is 301 g/mol. The highest BCUT2D eigenvalue weighted by molar-refractivity contribution is 5.99. The fraction of sp³-hybridized carbons (Fsp3) is 0.235. The summed E-state index contributed by atoms with van der Waals surface area (Å²) in [6.07, 6.45) is 5.24. The lowest BCUT2D eigenvalue weighted by Crippen LogP contribution is -2.19. The number of carbonyl (C=O) groups is 1. The van der Waals surface area contributed by atoms with E-state index in [1.54, 1.807) is 13.0 Å². The Morgan fingerprint density at radius 2 is 2.22 bits per heavy atom. The molecule has 6 heteroatoms. The average molecular weight is 318 g/mol. The standard InChI is InChI=1S/C17H17FNO4/c1-11(4-2-3-7-19)22-10-15(20)14-8-12-5-6-13(18)9-16(12)23-17(14)21/h3,5-9H,2,4,10,19H2,1H3/q+1/b7-3-. The molecule has 5 nitrogen and oxygen atoms in total. The lowest BCUT2D eigenvalue weighted by atomic mass is 10.1. The molecule has 0 fully saturated rings. The van der Waals surface area contributed by atoms with Crippen LogP contribution >= 0.6 is 0 Å². The number of hydrogen-bond acceptors (Lipinski definition) is 5. The summed E-state index contributed by atoms with van der Waals surface area (Å²) in [4.78, 5) is 24.0. The Labute approximate surface area is 132 Å². The summed E-state index contributed by atoms with van der Waals surface area (Å²) in [6, 6.07) is 5.17. The number of ketones is 1. The van der Waals surface area contributed by atoms with E-state index in [0.717, 1.165) is 6.07 Å². The van der Waals surface area contributed by atoms with Crippen LogP contribution in [0.3, 0.4) is 0 Å². The lowest BCUT2D eigenvalue weighted by molar-refractivity contribution is 0.0774. The SMILES string of the molecule is C[C+](CC/C=C\N)OCC(=O)c1cc2ccc(F)cc2oc1=O. The van der Waals surface area contributed by atoms with Crippen LogP contribution in [0.2, 0.25) is 0 Å². The highest BCUT2D eigenvalue weighted by atomic mass is 19.1. The van der Waals surface area contributed by atoms with Crippen LogP contribution in [0.1, 0.15) is 30.1 Å². The topological polar surface area (TPSA) is 82.5 Å². The van der Waals surface area contributed by atoms with Crippen LogP contribution in [-0.4, -0.2) is 12.4 Å². The minimum Gasteiger partial charge on any atom is -0.422 e. The highest BCUT2D eigenvalue weighted by Gasteiger charge is 2.20. The Bertz CT molecular complexity index is 782. The summed E-state index contributed by atoms with van der Waals surface area (Å²) in [7, 11) is 0. The van der Waals surface area contributed by atoms with Crippen molar-refractivity contribution in [2.45, 2.75) is 19.8 Å². The van der Waals surface area contributed by atoms with Crippen molar-refractivity contribution in [1.29, 1.82) is 0 Å². The van der Waals surface area contributed by atoms with Gasteiger partial charge in [-0.25, -0.2) is 9.18 Å². The van der Waals surface area contributed by atoms with Gasteiger partial charge in [0.1, 0.15) is 30.3 Å². The molecule has 2 N–H and O–H groups in total. The Balaban J connectivity index is 2.07. The molecule has 1 heterocycles. The Kier molecular flexibility index (Phi) is 5.54. The Hall–Kier alpha value is -2.60. The van der Waals surface area contributed by atoms with Crippen LogP contribution in [0.15, 0.2) is 45.8 Å². The van der Waals surface area contributed by atoms with E-state index in [9.17, 15) is 14.0 Å². The van der Waals surface area contributed by atoms with Gasteiger partial charge in [0.15, 0.2) is 6.61 Å². The van der Waals surface area contributed by atoms with Gasteiger partial charge >= 0.3 is 5.63 Å². The molecule has 0 aliphatic carbocycles. The zero-order valence-corrected chi connectivity index (χ0v) is 12.7. The molecule has 1 aromatic carbocycles. The summed E-state index contributed by atoms with van der Waals surface area (Å²) >= 11 is 0. The number of carbonyl (C=O) groups excluding carboxylic acids is 1. The number of ether oxygens (including phenoxy) is 1. The summed E-state index contributed by atoms with van der Waals surface area (Å²) in [5, 5.41) is 0.475. The number of nitrogens with two attached hydrogens (primary N) is 1. The molecule has 0 saturated heterocycles. The van der Waals surface area contributed by atoms with E-state index in [2.05, 4.69) is 0 Å². The zero-order chi connectivity index (χ0) is 16.8. The summed E-state index contributed by atoms with van der Waals surface area (Å²) < 4.78 is 23.4. The first-order valence-electron chi connectivity index (χ1n) is 7.10. The second-order valence-corrected chi connectivity index (χ2v) is 5.01. The van der Waals surface area contributed by atoms with Crippen LogP contribution < -0.4 is 11.4 Å². The van der Waals surface area contributed by atoms with E-state index in [-0.39, 0.29) is 17.8 Å². The van der Waals surface area contributed by atoms with E-state index in [1.807, 2.05) is 0 Å². The Morgan fingerprint density at radius 3 is 2.96 bits per heavy atom. The van der Waals surface area contributed by atoms with Gasteiger partial charge in [0.05, 0.1) is 0 Å². The molecule has 0 unspecified atom stereocenters. The van der Waals surface area contributed by atoms with Gasteiger partial charge in [0, 0.05) is 17.9 Å². The fourth-order valence-corrected chi connectivity index (χ4v) is 2.00. The third kappa shape index (κ3) is 4.43. The number of rotatable bonds is 7. The first-order valence-corrected chi connectivity index (χ1v) is 7.10. The van der Waals surface area contributed by atoms with Gasteiger partial charge < -0.3 is 10.2 Å². The quantitative estimate of drug-likeness (QED) is 0.482. The summed E-state index contributed by atoms with van der Waals surface area (Å²) in [6.45, 7) is 1.50. The summed E-state index contributed by atoms with van der Waals surface area (Å²) in [5.41, 5.74) is 4.41. The first-order chi connectivity index (χ1) is 11.0. The minimum atomic E-state index is -0.805. The number of fused-ring (bicyclic) bond motifs is 1. The van der Waals surface area contributed by atoms with Crippen molar-refractivity contribution >= 4 is 16.8 Å². The van der Waals surface area contributed by atoms with Gasteiger partial charge in [-0.1, -0.05) is 6.08 Å². The predicted molar refractivity (Wildman–Crippen MR) is 84.2 cm³/mol. The zero-order valence-electron chi connectivity index (χ0n) is 12.7. The Morgan fingerprint density at radius 1 is 1.43 bits per heavy atom. The predicted octanol–water partition coefficient (Wildman–Crippen LogP) is 2.94. The largest absolute Gasteiger partial charge is 0.422 e. The van der Waals surface area contributed by atoms with Crippen LogP contribution in [0.5, 0.6) is 0 Å². The van der Waals surface area contributed by atoms with Crippen molar-refractivity contribution in [3.8, 4) is 0 Å². The molecule has 120 valence electrons. The molecule has 0 bridgehead atoms. The van der Waals surface area contributed by atoms with Gasteiger partial charge in [-0.2, -0.15) is 4.74 Å². The maximum atomic E-state index is 13.1. The van der Waals surface area contributed by atoms with E-state index >= 15 is 0 Å². The number of hydrogen-bond donors (Lipinski definition) is 1. The molecule has 0 saturated carbocycles. The molecule has 23 heavy (non-hydrogen) atoms. The number of allylic oxidation sites excluding steroid dienone is 1. The maximum absolute atomic E-state index is 13.1. The second-order valence-electron chi connectivity index (χ2n) is 5.01. The van der Waals surface area contributed by atoms with Crippen LogP contribution in [0.4, 0.5) is 4.39 Å². The molecule has 2 aromatic rings. The first kappa shape index (κ1) is 16.8. The van der Waals surface area contributed by atoms with E-state index in [4.69, 9.17) is 14.9 Å². The van der Waals surface area contributed by atoms with Gasteiger partial charge in [-0.05, 0) is 24.4 Å². The van der Waals surface area contributed by atoms with Crippen LogP contribution in [0.25, 0.3) is 11.0 Å². The van der Waals surface area contributed by atoms with Crippen molar-refractivity contribution < 1.29 is 18.3 Å². The fourth-order valence-electron chi connectivity index (χ4n) is 2.00. The van der Waals surface area contributed by atoms with Crippen molar-refractivity contribution in [1.82, 2.24) is 0 Å².